The molecule has 0 fully saturated rings. The molecule has 0 atom stereocenters. The zero-order valence-electron chi connectivity index (χ0n) is 12.5. The van der Waals surface area contributed by atoms with Gasteiger partial charge in [-0.1, -0.05) is 36.4 Å². The minimum atomic E-state index is -3.72. The molecule has 0 aliphatic heterocycles. The van der Waals surface area contributed by atoms with E-state index in [0.29, 0.717) is 5.75 Å². The summed E-state index contributed by atoms with van der Waals surface area (Å²) < 4.78 is 33.2. The van der Waals surface area contributed by atoms with Gasteiger partial charge in [0.25, 0.3) is 10.0 Å². The van der Waals surface area contributed by atoms with Crippen molar-refractivity contribution in [3.05, 3.63) is 72.3 Å². The molecule has 4 nitrogen and oxygen atoms in total. The molecule has 0 aromatic heterocycles. The molecule has 0 N–H and O–H groups in total. The van der Waals surface area contributed by atoms with Gasteiger partial charge in [-0.15, -0.1) is 0 Å². The van der Waals surface area contributed by atoms with Gasteiger partial charge >= 0.3 is 0 Å². The molecule has 0 aliphatic carbocycles. The lowest BCUT2D eigenvalue weighted by Gasteiger charge is -2.02. The zero-order valence-corrected chi connectivity index (χ0v) is 13.3. The van der Waals surface area contributed by atoms with E-state index < -0.39 is 10.0 Å². The number of nitrogens with zero attached hydrogens (tertiary/aromatic N) is 1. The monoisotopic (exact) mass is 325 g/mol. The van der Waals surface area contributed by atoms with Crippen molar-refractivity contribution in [2.24, 2.45) is 4.40 Å². The Labute approximate surface area is 135 Å². The molecule has 0 heterocycles. The van der Waals surface area contributed by atoms with Crippen molar-refractivity contribution < 1.29 is 13.2 Å². The molecule has 0 saturated heterocycles. The quantitative estimate of drug-likeness (QED) is 0.688. The first-order valence-corrected chi connectivity index (χ1v) is 8.46. The second kappa shape index (κ2) is 6.22. The highest BCUT2D eigenvalue weighted by Crippen LogP contribution is 2.18. The SMILES string of the molecule is COc1ccc(S(=O)(=O)/N=C/c2ccc3ccccc3c2)cc1. The highest BCUT2D eigenvalue weighted by Gasteiger charge is 2.11. The molecular formula is C18H15NO3S. The van der Waals surface area contributed by atoms with Crippen LogP contribution in [0.4, 0.5) is 0 Å². The van der Waals surface area contributed by atoms with Gasteiger partial charge in [0, 0.05) is 6.21 Å². The van der Waals surface area contributed by atoms with Gasteiger partial charge in [-0.3, -0.25) is 0 Å². The third-order valence-corrected chi connectivity index (χ3v) is 4.72. The highest BCUT2D eigenvalue weighted by molar-refractivity contribution is 7.90. The van der Waals surface area contributed by atoms with E-state index in [-0.39, 0.29) is 4.90 Å². The van der Waals surface area contributed by atoms with Crippen LogP contribution in [0.5, 0.6) is 5.75 Å². The Morgan fingerprint density at radius 2 is 1.61 bits per heavy atom. The second-order valence-electron chi connectivity index (χ2n) is 4.99. The summed E-state index contributed by atoms with van der Waals surface area (Å²) in [5, 5.41) is 2.14. The van der Waals surface area contributed by atoms with Gasteiger partial charge in [0.2, 0.25) is 0 Å². The van der Waals surface area contributed by atoms with Crippen LogP contribution in [-0.4, -0.2) is 21.7 Å². The fraction of sp³-hybridized carbons (Fsp3) is 0.0556. The van der Waals surface area contributed by atoms with Crippen molar-refractivity contribution in [2.45, 2.75) is 4.90 Å². The molecule has 0 spiro atoms. The first-order chi connectivity index (χ1) is 11.1. The van der Waals surface area contributed by atoms with E-state index in [1.807, 2.05) is 42.5 Å². The van der Waals surface area contributed by atoms with E-state index in [9.17, 15) is 8.42 Å². The summed E-state index contributed by atoms with van der Waals surface area (Å²) in [4.78, 5) is 0.135. The average Bonchev–Trinajstić information content (AvgIpc) is 2.60. The molecule has 0 amide bonds. The number of methoxy groups -OCH3 is 1. The second-order valence-corrected chi connectivity index (χ2v) is 6.62. The van der Waals surface area contributed by atoms with Crippen molar-refractivity contribution in [1.29, 1.82) is 0 Å². The predicted octanol–water partition coefficient (Wildman–Crippen LogP) is 3.66. The molecule has 0 unspecified atom stereocenters. The summed E-state index contributed by atoms with van der Waals surface area (Å²) in [5.74, 6) is 0.599. The van der Waals surface area contributed by atoms with Gasteiger partial charge in [0.05, 0.1) is 12.0 Å². The summed E-state index contributed by atoms with van der Waals surface area (Å²) in [5.41, 5.74) is 0.737. The van der Waals surface area contributed by atoms with E-state index in [2.05, 4.69) is 4.40 Å². The Kier molecular flexibility index (Phi) is 4.12. The minimum absolute atomic E-state index is 0.135. The van der Waals surface area contributed by atoms with E-state index >= 15 is 0 Å². The molecule has 0 aliphatic rings. The molecule has 116 valence electrons. The number of hydrogen-bond acceptors (Lipinski definition) is 3. The first kappa shape index (κ1) is 15.2. The van der Waals surface area contributed by atoms with Gasteiger partial charge in [0.15, 0.2) is 0 Å². The maximum atomic E-state index is 12.2. The number of sulfonamides is 1. The van der Waals surface area contributed by atoms with Crippen LogP contribution in [-0.2, 0) is 10.0 Å². The predicted molar refractivity (Wildman–Crippen MR) is 91.7 cm³/mol. The fourth-order valence-electron chi connectivity index (χ4n) is 2.23. The summed E-state index contributed by atoms with van der Waals surface area (Å²) in [7, 11) is -2.19. The van der Waals surface area contributed by atoms with Crippen LogP contribution in [0.25, 0.3) is 10.8 Å². The van der Waals surface area contributed by atoms with Crippen LogP contribution >= 0.6 is 0 Å². The highest BCUT2D eigenvalue weighted by atomic mass is 32.2. The van der Waals surface area contributed by atoms with E-state index in [0.717, 1.165) is 16.3 Å². The third-order valence-electron chi connectivity index (χ3n) is 3.47. The molecule has 5 heteroatoms. The summed E-state index contributed by atoms with van der Waals surface area (Å²) in [6, 6.07) is 19.7. The number of hydrogen-bond donors (Lipinski definition) is 0. The van der Waals surface area contributed by atoms with Crippen LogP contribution in [0.2, 0.25) is 0 Å². The van der Waals surface area contributed by atoms with Crippen molar-refractivity contribution in [1.82, 2.24) is 0 Å². The summed E-state index contributed by atoms with van der Waals surface area (Å²) in [6.07, 6.45) is 1.37. The third kappa shape index (κ3) is 3.40. The standard InChI is InChI=1S/C18H15NO3S/c1-22-17-8-10-18(11-9-17)23(20,21)19-13-14-6-7-15-4-2-3-5-16(15)12-14/h2-13H,1H3/b19-13+. The molecule has 3 aromatic rings. The Hall–Kier alpha value is -2.66. The maximum absolute atomic E-state index is 12.2. The largest absolute Gasteiger partial charge is 0.497 e. The van der Waals surface area contributed by atoms with Gasteiger partial charge in [-0.25, -0.2) is 0 Å². The van der Waals surface area contributed by atoms with Gasteiger partial charge in [0.1, 0.15) is 5.75 Å². The van der Waals surface area contributed by atoms with E-state index in [1.165, 1.54) is 25.5 Å². The first-order valence-electron chi connectivity index (χ1n) is 7.02. The van der Waals surface area contributed by atoms with E-state index in [1.54, 1.807) is 12.1 Å². The Bertz CT molecular complexity index is 961. The van der Waals surface area contributed by atoms with Crippen molar-refractivity contribution in [3.8, 4) is 5.75 Å². The number of ether oxygens (including phenoxy) is 1. The summed E-state index contributed by atoms with van der Waals surface area (Å²) in [6.45, 7) is 0. The van der Waals surface area contributed by atoms with Crippen molar-refractivity contribution in [3.63, 3.8) is 0 Å². The Morgan fingerprint density at radius 1 is 0.913 bits per heavy atom. The van der Waals surface area contributed by atoms with Crippen LogP contribution in [0, 0.1) is 0 Å². The van der Waals surface area contributed by atoms with Gasteiger partial charge < -0.3 is 4.74 Å². The molecular weight excluding hydrogens is 310 g/mol. The van der Waals surface area contributed by atoms with Crippen molar-refractivity contribution >= 4 is 27.0 Å². The lowest BCUT2D eigenvalue weighted by atomic mass is 10.1. The van der Waals surface area contributed by atoms with Gasteiger partial charge in [-0.05, 0) is 46.7 Å². The fourth-order valence-corrected chi connectivity index (χ4v) is 3.09. The normalized spacial score (nSPS) is 11.9. The lowest BCUT2D eigenvalue weighted by Crippen LogP contribution is -1.98. The molecule has 23 heavy (non-hydrogen) atoms. The average molecular weight is 325 g/mol. The Morgan fingerprint density at radius 3 is 2.30 bits per heavy atom. The van der Waals surface area contributed by atoms with Crippen LogP contribution in [0.3, 0.4) is 0 Å². The molecule has 0 saturated carbocycles. The smallest absolute Gasteiger partial charge is 0.282 e. The van der Waals surface area contributed by atoms with Gasteiger partial charge in [-0.2, -0.15) is 12.8 Å². The van der Waals surface area contributed by atoms with Crippen LogP contribution < -0.4 is 4.74 Å². The van der Waals surface area contributed by atoms with Crippen LogP contribution in [0.15, 0.2) is 76.0 Å². The maximum Gasteiger partial charge on any atom is 0.282 e. The number of rotatable bonds is 4. The Balaban J connectivity index is 1.89. The molecule has 3 rings (SSSR count). The van der Waals surface area contributed by atoms with Crippen molar-refractivity contribution in [2.75, 3.05) is 7.11 Å². The number of fused-ring (bicyclic) bond motifs is 1. The molecule has 0 bridgehead atoms. The number of benzene rings is 3. The minimum Gasteiger partial charge on any atom is -0.497 e. The van der Waals surface area contributed by atoms with Crippen LogP contribution in [0.1, 0.15) is 5.56 Å². The lowest BCUT2D eigenvalue weighted by molar-refractivity contribution is 0.414. The zero-order chi connectivity index (χ0) is 16.3. The molecule has 3 aromatic carbocycles. The van der Waals surface area contributed by atoms with E-state index in [4.69, 9.17) is 4.74 Å². The topological polar surface area (TPSA) is 55.7 Å². The molecule has 0 radical (unpaired) electrons. The summed E-state index contributed by atoms with van der Waals surface area (Å²) >= 11 is 0.